The van der Waals surface area contributed by atoms with Gasteiger partial charge in [-0.15, -0.1) is 0 Å². The van der Waals surface area contributed by atoms with Gasteiger partial charge in [-0.05, 0) is 44.0 Å². The number of hydrogen-bond acceptors (Lipinski definition) is 5. The van der Waals surface area contributed by atoms with Crippen molar-refractivity contribution in [3.05, 3.63) is 35.9 Å². The molecule has 0 unspecified atom stereocenters. The summed E-state index contributed by atoms with van der Waals surface area (Å²) in [6.45, 7) is 6.56. The minimum absolute atomic E-state index is 0.140. The van der Waals surface area contributed by atoms with E-state index in [0.29, 0.717) is 32.9 Å². The molecule has 0 fully saturated rings. The first-order chi connectivity index (χ1) is 12.6. The predicted octanol–water partition coefficient (Wildman–Crippen LogP) is 2.92. The Balaban J connectivity index is 2.64. The first-order valence-corrected chi connectivity index (χ1v) is 8.95. The van der Waals surface area contributed by atoms with Crippen LogP contribution < -0.4 is 4.74 Å². The number of methoxy groups -OCH3 is 1. The molecule has 1 aromatic rings. The molecule has 0 saturated heterocycles. The highest BCUT2D eigenvalue weighted by Crippen LogP contribution is 2.13. The average Bonchev–Trinajstić information content (AvgIpc) is 2.66. The number of carbonyl (C=O) groups is 2. The molecule has 0 aliphatic heterocycles. The van der Waals surface area contributed by atoms with Gasteiger partial charge in [0.25, 0.3) is 0 Å². The Kier molecular flexibility index (Phi) is 10.8. The second-order valence-corrected chi connectivity index (χ2v) is 5.54. The number of benzene rings is 1. The fourth-order valence-electron chi connectivity index (χ4n) is 2.28. The van der Waals surface area contributed by atoms with Crippen LogP contribution in [0.2, 0.25) is 0 Å². The van der Waals surface area contributed by atoms with Crippen LogP contribution >= 0.6 is 0 Å². The molecule has 0 aliphatic rings. The number of hydrogen-bond donors (Lipinski definition) is 0. The zero-order valence-corrected chi connectivity index (χ0v) is 15.9. The van der Waals surface area contributed by atoms with E-state index in [4.69, 9.17) is 9.47 Å². The fourth-order valence-corrected chi connectivity index (χ4v) is 2.28. The maximum Gasteiger partial charge on any atom is 0.307 e. The van der Waals surface area contributed by atoms with Crippen molar-refractivity contribution in [1.29, 1.82) is 0 Å². The highest BCUT2D eigenvalue weighted by molar-refractivity contribution is 5.92. The first-order valence-electron chi connectivity index (χ1n) is 8.95. The van der Waals surface area contributed by atoms with Crippen LogP contribution in [0.25, 0.3) is 6.08 Å². The molecule has 1 amide bonds. The second-order valence-electron chi connectivity index (χ2n) is 5.54. The molecule has 6 nitrogen and oxygen atoms in total. The summed E-state index contributed by atoms with van der Waals surface area (Å²) < 4.78 is 15.4. The largest absolute Gasteiger partial charge is 0.494 e. The summed E-state index contributed by atoms with van der Waals surface area (Å²) in [6, 6.07) is 7.51. The van der Waals surface area contributed by atoms with Gasteiger partial charge < -0.3 is 19.1 Å². The third-order valence-electron chi connectivity index (χ3n) is 3.66. The van der Waals surface area contributed by atoms with Crippen molar-refractivity contribution in [2.75, 3.05) is 40.0 Å². The summed E-state index contributed by atoms with van der Waals surface area (Å²) in [5, 5.41) is 0. The van der Waals surface area contributed by atoms with E-state index < -0.39 is 0 Å². The average molecular weight is 363 g/mol. The Hall–Kier alpha value is -2.34. The molecule has 1 aromatic carbocycles. The third kappa shape index (κ3) is 8.67. The molecule has 0 heterocycles. The normalized spacial score (nSPS) is 10.7. The molecule has 26 heavy (non-hydrogen) atoms. The summed E-state index contributed by atoms with van der Waals surface area (Å²) in [5.41, 5.74) is 0.907. The molecule has 6 heteroatoms. The fraction of sp³-hybridized carbons (Fsp3) is 0.500. The number of esters is 1. The monoisotopic (exact) mass is 363 g/mol. The number of nitrogens with zero attached hydrogens (tertiary/aromatic N) is 1. The molecule has 0 bridgehead atoms. The van der Waals surface area contributed by atoms with E-state index in [2.05, 4.69) is 4.74 Å². The molecule has 0 radical (unpaired) electrons. The Labute approximate surface area is 155 Å². The predicted molar refractivity (Wildman–Crippen MR) is 101 cm³/mol. The zero-order valence-electron chi connectivity index (χ0n) is 15.9. The van der Waals surface area contributed by atoms with Crippen LogP contribution in [0.1, 0.15) is 32.3 Å². The minimum Gasteiger partial charge on any atom is -0.494 e. The van der Waals surface area contributed by atoms with Gasteiger partial charge in [-0.3, -0.25) is 9.59 Å². The molecule has 0 aromatic heterocycles. The van der Waals surface area contributed by atoms with Gasteiger partial charge >= 0.3 is 5.97 Å². The van der Waals surface area contributed by atoms with Crippen molar-refractivity contribution in [3.63, 3.8) is 0 Å². The smallest absolute Gasteiger partial charge is 0.307 e. The van der Waals surface area contributed by atoms with E-state index in [1.807, 2.05) is 38.1 Å². The van der Waals surface area contributed by atoms with Gasteiger partial charge in [0.2, 0.25) is 5.91 Å². The maximum absolute atomic E-state index is 12.5. The van der Waals surface area contributed by atoms with E-state index in [1.54, 1.807) is 11.0 Å². The van der Waals surface area contributed by atoms with Crippen LogP contribution in [0.5, 0.6) is 5.75 Å². The molecule has 144 valence electrons. The summed E-state index contributed by atoms with van der Waals surface area (Å²) in [4.78, 5) is 25.5. The van der Waals surface area contributed by atoms with Crippen LogP contribution in [0.3, 0.4) is 0 Å². The Morgan fingerprint density at radius 3 is 2.42 bits per heavy atom. The summed E-state index contributed by atoms with van der Waals surface area (Å²) >= 11 is 0. The lowest BCUT2D eigenvalue weighted by Gasteiger charge is -2.20. The highest BCUT2D eigenvalue weighted by Gasteiger charge is 2.12. The molecule has 1 rings (SSSR count). The number of carbonyl (C=O) groups excluding carboxylic acids is 2. The maximum atomic E-state index is 12.5. The van der Waals surface area contributed by atoms with Crippen LogP contribution in [0, 0.1) is 0 Å². The van der Waals surface area contributed by atoms with E-state index in [1.165, 1.54) is 13.2 Å². The Morgan fingerprint density at radius 2 is 1.81 bits per heavy atom. The van der Waals surface area contributed by atoms with Crippen LogP contribution in [-0.2, 0) is 19.1 Å². The van der Waals surface area contributed by atoms with Gasteiger partial charge in [0, 0.05) is 32.4 Å². The van der Waals surface area contributed by atoms with Crippen LogP contribution in [-0.4, -0.2) is 56.8 Å². The Morgan fingerprint density at radius 1 is 1.08 bits per heavy atom. The van der Waals surface area contributed by atoms with Crippen molar-refractivity contribution < 1.29 is 23.8 Å². The zero-order chi connectivity index (χ0) is 19.2. The molecular weight excluding hydrogens is 334 g/mol. The number of amides is 1. The molecule has 0 aliphatic carbocycles. The van der Waals surface area contributed by atoms with Crippen molar-refractivity contribution in [1.82, 2.24) is 4.90 Å². The molecular formula is C20H29NO5. The van der Waals surface area contributed by atoms with E-state index in [0.717, 1.165) is 17.7 Å². The lowest BCUT2D eigenvalue weighted by atomic mass is 10.2. The Bertz CT molecular complexity index is 568. The van der Waals surface area contributed by atoms with Gasteiger partial charge in [-0.2, -0.15) is 0 Å². The lowest BCUT2D eigenvalue weighted by Crippen LogP contribution is -2.33. The van der Waals surface area contributed by atoms with Gasteiger partial charge in [0.15, 0.2) is 0 Å². The molecule has 0 N–H and O–H groups in total. The minimum atomic E-state index is -0.330. The van der Waals surface area contributed by atoms with E-state index >= 15 is 0 Å². The van der Waals surface area contributed by atoms with Crippen molar-refractivity contribution >= 4 is 18.0 Å². The first kappa shape index (κ1) is 21.7. The van der Waals surface area contributed by atoms with Crippen molar-refractivity contribution in [2.45, 2.75) is 26.7 Å². The van der Waals surface area contributed by atoms with E-state index in [9.17, 15) is 9.59 Å². The topological polar surface area (TPSA) is 65.1 Å². The standard InChI is InChI=1S/C20H29NO5/c1-4-25-16-6-14-21(15-13-20(23)24-3)19(22)12-9-17-7-10-18(11-8-17)26-5-2/h7-12H,4-6,13-16H2,1-3H3/b12-9+. The van der Waals surface area contributed by atoms with Gasteiger partial charge in [-0.1, -0.05) is 12.1 Å². The number of ether oxygens (including phenoxy) is 3. The van der Waals surface area contributed by atoms with Crippen LogP contribution in [0.4, 0.5) is 0 Å². The summed E-state index contributed by atoms with van der Waals surface area (Å²) in [7, 11) is 1.34. The van der Waals surface area contributed by atoms with E-state index in [-0.39, 0.29) is 18.3 Å². The highest BCUT2D eigenvalue weighted by atomic mass is 16.5. The second kappa shape index (κ2) is 12.9. The van der Waals surface area contributed by atoms with Crippen molar-refractivity contribution in [2.24, 2.45) is 0 Å². The lowest BCUT2D eigenvalue weighted by molar-refractivity contribution is -0.141. The van der Waals surface area contributed by atoms with Gasteiger partial charge in [0.05, 0.1) is 20.1 Å². The summed E-state index contributed by atoms with van der Waals surface area (Å²) in [6.07, 6.45) is 4.17. The quantitative estimate of drug-likeness (QED) is 0.325. The van der Waals surface area contributed by atoms with Gasteiger partial charge in [0.1, 0.15) is 5.75 Å². The molecule has 0 spiro atoms. The number of rotatable bonds is 12. The SMILES string of the molecule is CCOCCCN(CCC(=O)OC)C(=O)/C=C/c1ccc(OCC)cc1. The summed E-state index contributed by atoms with van der Waals surface area (Å²) in [5.74, 6) is 0.328. The third-order valence-corrected chi connectivity index (χ3v) is 3.66. The molecule has 0 saturated carbocycles. The molecule has 0 atom stereocenters. The van der Waals surface area contributed by atoms with Gasteiger partial charge in [-0.25, -0.2) is 0 Å². The van der Waals surface area contributed by atoms with Crippen molar-refractivity contribution in [3.8, 4) is 5.75 Å². The van der Waals surface area contributed by atoms with Crippen LogP contribution in [0.15, 0.2) is 30.3 Å².